The minimum Gasteiger partial charge on any atom is -0.301 e. The van der Waals surface area contributed by atoms with Gasteiger partial charge in [0.05, 0.1) is 0 Å². The van der Waals surface area contributed by atoms with E-state index in [1.54, 1.807) is 0 Å². The topological polar surface area (TPSA) is 29.0 Å². The number of rotatable bonds is 3. The zero-order valence-electron chi connectivity index (χ0n) is 11.3. The molecular weight excluding hydrogens is 230 g/mol. The Morgan fingerprint density at radius 3 is 2.24 bits per heavy atom. The third kappa shape index (κ3) is 3.05. The van der Waals surface area contributed by atoms with Gasteiger partial charge in [-0.2, -0.15) is 0 Å². The van der Waals surface area contributed by atoms with E-state index in [2.05, 4.69) is 42.8 Å². The predicted molar refractivity (Wildman–Crippen MR) is 72.7 cm³/mol. The zero-order valence-corrected chi connectivity index (χ0v) is 12.1. The second kappa shape index (κ2) is 5.44. The molecule has 0 N–H and O–H groups in total. The summed E-state index contributed by atoms with van der Waals surface area (Å²) in [5.74, 6) is 1.16. The molecule has 2 heterocycles. The molecule has 0 amide bonds. The van der Waals surface area contributed by atoms with E-state index in [4.69, 9.17) is 0 Å². The molecule has 1 aromatic rings. The molecule has 0 aliphatic carbocycles. The van der Waals surface area contributed by atoms with Crippen LogP contribution < -0.4 is 0 Å². The highest BCUT2D eigenvalue weighted by Crippen LogP contribution is 2.32. The average Bonchev–Trinajstić information content (AvgIpc) is 2.78. The van der Waals surface area contributed by atoms with Gasteiger partial charge in [0.2, 0.25) is 0 Å². The van der Waals surface area contributed by atoms with Gasteiger partial charge in [-0.15, -0.1) is 21.5 Å². The highest BCUT2D eigenvalue weighted by atomic mass is 32.1. The maximum absolute atomic E-state index is 4.38. The molecule has 3 nitrogen and oxygen atoms in total. The Morgan fingerprint density at radius 1 is 1.12 bits per heavy atom. The fourth-order valence-corrected chi connectivity index (χ4v) is 3.32. The van der Waals surface area contributed by atoms with Crippen LogP contribution in [-0.2, 0) is 0 Å². The standard InChI is InChI=1S/C13H23N3S/c1-9(2)12-14-15-13(17-12)11-5-7-16(8-6-11)10(3)4/h9-11H,5-8H2,1-4H3. The average molecular weight is 253 g/mol. The van der Waals surface area contributed by atoms with Crippen LogP contribution in [0.1, 0.15) is 62.4 Å². The number of aromatic nitrogens is 2. The molecule has 1 saturated heterocycles. The van der Waals surface area contributed by atoms with Gasteiger partial charge in [0.1, 0.15) is 10.0 Å². The lowest BCUT2D eigenvalue weighted by atomic mass is 9.97. The molecule has 17 heavy (non-hydrogen) atoms. The second-order valence-corrected chi connectivity index (χ2v) is 6.58. The first-order valence-electron chi connectivity index (χ1n) is 6.65. The molecule has 0 radical (unpaired) electrons. The Bertz CT molecular complexity index is 351. The smallest absolute Gasteiger partial charge is 0.120 e. The van der Waals surface area contributed by atoms with Crippen molar-refractivity contribution in [3.05, 3.63) is 10.0 Å². The molecule has 1 aromatic heterocycles. The Morgan fingerprint density at radius 2 is 1.76 bits per heavy atom. The van der Waals surface area contributed by atoms with Gasteiger partial charge in [-0.05, 0) is 39.8 Å². The van der Waals surface area contributed by atoms with E-state index in [0.29, 0.717) is 17.9 Å². The molecule has 0 saturated carbocycles. The third-order valence-electron chi connectivity index (χ3n) is 3.56. The molecule has 2 rings (SSSR count). The highest BCUT2D eigenvalue weighted by molar-refractivity contribution is 7.11. The number of nitrogens with zero attached hydrogens (tertiary/aromatic N) is 3. The Balaban J connectivity index is 1.96. The van der Waals surface area contributed by atoms with Gasteiger partial charge >= 0.3 is 0 Å². The Labute approximate surface area is 108 Å². The van der Waals surface area contributed by atoms with Crippen LogP contribution >= 0.6 is 11.3 Å². The number of likely N-dealkylation sites (tertiary alicyclic amines) is 1. The van der Waals surface area contributed by atoms with E-state index >= 15 is 0 Å². The van der Waals surface area contributed by atoms with Gasteiger partial charge in [0.25, 0.3) is 0 Å². The minimum atomic E-state index is 0.511. The quantitative estimate of drug-likeness (QED) is 0.828. The fraction of sp³-hybridized carbons (Fsp3) is 0.846. The Kier molecular flexibility index (Phi) is 4.15. The van der Waals surface area contributed by atoms with Crippen molar-refractivity contribution >= 4 is 11.3 Å². The number of piperidine rings is 1. The molecule has 96 valence electrons. The lowest BCUT2D eigenvalue weighted by molar-refractivity contribution is 0.171. The van der Waals surface area contributed by atoms with E-state index in [1.165, 1.54) is 35.9 Å². The molecule has 0 unspecified atom stereocenters. The number of hydrogen-bond acceptors (Lipinski definition) is 4. The maximum Gasteiger partial charge on any atom is 0.120 e. The second-order valence-electron chi connectivity index (χ2n) is 5.54. The van der Waals surface area contributed by atoms with Crippen molar-refractivity contribution in [2.45, 2.75) is 58.4 Å². The van der Waals surface area contributed by atoms with Crippen molar-refractivity contribution in [1.29, 1.82) is 0 Å². The first-order chi connectivity index (χ1) is 8.08. The monoisotopic (exact) mass is 253 g/mol. The van der Waals surface area contributed by atoms with E-state index in [-0.39, 0.29) is 0 Å². The SMILES string of the molecule is CC(C)c1nnc(C2CCN(C(C)C)CC2)s1. The van der Waals surface area contributed by atoms with Crippen LogP contribution in [0.2, 0.25) is 0 Å². The lowest BCUT2D eigenvalue weighted by Gasteiger charge is -2.33. The van der Waals surface area contributed by atoms with Gasteiger partial charge in [-0.25, -0.2) is 0 Å². The molecule has 4 heteroatoms. The summed E-state index contributed by atoms with van der Waals surface area (Å²) in [5, 5.41) is 11.1. The van der Waals surface area contributed by atoms with Gasteiger partial charge in [0.15, 0.2) is 0 Å². The van der Waals surface area contributed by atoms with E-state index in [9.17, 15) is 0 Å². The van der Waals surface area contributed by atoms with Crippen LogP contribution in [0.4, 0.5) is 0 Å². The van der Waals surface area contributed by atoms with Crippen molar-refractivity contribution in [1.82, 2.24) is 15.1 Å². The summed E-state index contributed by atoms with van der Waals surface area (Å²) in [6.45, 7) is 11.3. The summed E-state index contributed by atoms with van der Waals surface area (Å²) in [6, 6.07) is 0.677. The summed E-state index contributed by atoms with van der Waals surface area (Å²) in [5.41, 5.74) is 0. The number of hydrogen-bond donors (Lipinski definition) is 0. The third-order valence-corrected chi connectivity index (χ3v) is 4.95. The summed E-state index contributed by atoms with van der Waals surface area (Å²) in [6.07, 6.45) is 2.48. The first-order valence-corrected chi connectivity index (χ1v) is 7.47. The fourth-order valence-electron chi connectivity index (χ4n) is 2.31. The lowest BCUT2D eigenvalue weighted by Crippen LogP contribution is -2.37. The Hall–Kier alpha value is -0.480. The van der Waals surface area contributed by atoms with Crippen molar-refractivity contribution in [3.63, 3.8) is 0 Å². The van der Waals surface area contributed by atoms with Crippen LogP contribution in [0.15, 0.2) is 0 Å². The van der Waals surface area contributed by atoms with Gasteiger partial charge in [-0.1, -0.05) is 13.8 Å². The van der Waals surface area contributed by atoms with Crippen molar-refractivity contribution in [2.24, 2.45) is 0 Å². The normalized spacial score (nSPS) is 19.4. The molecular formula is C13H23N3S. The van der Waals surface area contributed by atoms with Crippen LogP contribution in [-0.4, -0.2) is 34.2 Å². The predicted octanol–water partition coefficient (Wildman–Crippen LogP) is 3.25. The highest BCUT2D eigenvalue weighted by Gasteiger charge is 2.24. The molecule has 0 aromatic carbocycles. The van der Waals surface area contributed by atoms with Crippen molar-refractivity contribution in [3.8, 4) is 0 Å². The van der Waals surface area contributed by atoms with Gasteiger partial charge in [0, 0.05) is 17.9 Å². The largest absolute Gasteiger partial charge is 0.301 e. The molecule has 0 atom stereocenters. The van der Waals surface area contributed by atoms with E-state index in [0.717, 1.165) is 0 Å². The van der Waals surface area contributed by atoms with E-state index < -0.39 is 0 Å². The molecule has 1 aliphatic rings. The first kappa shape index (κ1) is 13.0. The molecule has 1 fully saturated rings. The van der Waals surface area contributed by atoms with Crippen LogP contribution in [0.25, 0.3) is 0 Å². The molecule has 1 aliphatic heterocycles. The summed E-state index contributed by atoms with van der Waals surface area (Å²) in [7, 11) is 0. The van der Waals surface area contributed by atoms with Gasteiger partial charge in [-0.3, -0.25) is 0 Å². The molecule has 0 bridgehead atoms. The van der Waals surface area contributed by atoms with Crippen LogP contribution in [0.5, 0.6) is 0 Å². The summed E-state index contributed by atoms with van der Waals surface area (Å²) < 4.78 is 0. The minimum absolute atomic E-state index is 0.511. The summed E-state index contributed by atoms with van der Waals surface area (Å²) in [4.78, 5) is 2.56. The van der Waals surface area contributed by atoms with Crippen molar-refractivity contribution < 1.29 is 0 Å². The summed E-state index contributed by atoms with van der Waals surface area (Å²) >= 11 is 1.82. The van der Waals surface area contributed by atoms with Gasteiger partial charge < -0.3 is 4.90 Å². The van der Waals surface area contributed by atoms with Crippen LogP contribution in [0, 0.1) is 0 Å². The van der Waals surface area contributed by atoms with Crippen molar-refractivity contribution in [2.75, 3.05) is 13.1 Å². The zero-order chi connectivity index (χ0) is 12.4. The molecule has 0 spiro atoms. The van der Waals surface area contributed by atoms with Crippen LogP contribution in [0.3, 0.4) is 0 Å². The maximum atomic E-state index is 4.38. The van der Waals surface area contributed by atoms with E-state index in [1.807, 2.05) is 11.3 Å².